The van der Waals surface area contributed by atoms with Crippen molar-refractivity contribution >= 4 is 17.7 Å². The highest BCUT2D eigenvalue weighted by Gasteiger charge is 2.29. The molecule has 2 fully saturated rings. The summed E-state index contributed by atoms with van der Waals surface area (Å²) in [7, 11) is 1.93. The van der Waals surface area contributed by atoms with Crippen LogP contribution >= 0.6 is 11.8 Å². The van der Waals surface area contributed by atoms with Gasteiger partial charge in [-0.05, 0) is 37.2 Å². The van der Waals surface area contributed by atoms with Crippen molar-refractivity contribution in [1.82, 2.24) is 10.2 Å². The molecular weight excluding hydrogens is 208 g/mol. The summed E-state index contributed by atoms with van der Waals surface area (Å²) in [5.41, 5.74) is 0. The van der Waals surface area contributed by atoms with Gasteiger partial charge in [0.2, 0.25) is 5.91 Å². The van der Waals surface area contributed by atoms with Crippen molar-refractivity contribution < 1.29 is 4.79 Å². The van der Waals surface area contributed by atoms with Gasteiger partial charge in [-0.15, -0.1) is 0 Å². The number of nitrogens with zero attached hydrogens (tertiary/aromatic N) is 1. The van der Waals surface area contributed by atoms with E-state index < -0.39 is 0 Å². The minimum absolute atomic E-state index is 0.260. The van der Waals surface area contributed by atoms with Crippen LogP contribution in [-0.4, -0.2) is 48.0 Å². The predicted molar refractivity (Wildman–Crippen MR) is 64.1 cm³/mol. The van der Waals surface area contributed by atoms with Gasteiger partial charge in [0.25, 0.3) is 0 Å². The Hall–Kier alpha value is -0.220. The fourth-order valence-corrected chi connectivity index (χ4v) is 3.03. The van der Waals surface area contributed by atoms with Crippen LogP contribution in [0.1, 0.15) is 25.7 Å². The summed E-state index contributed by atoms with van der Waals surface area (Å²) in [6.07, 6.45) is 4.82. The minimum Gasteiger partial charge on any atom is -0.342 e. The Morgan fingerprint density at radius 1 is 1.33 bits per heavy atom. The molecule has 1 heterocycles. The van der Waals surface area contributed by atoms with Gasteiger partial charge in [0, 0.05) is 19.1 Å². The van der Waals surface area contributed by atoms with Crippen molar-refractivity contribution in [3.8, 4) is 0 Å². The Labute approximate surface area is 96.0 Å². The Kier molecular flexibility index (Phi) is 3.92. The molecule has 4 heteroatoms. The third kappa shape index (κ3) is 3.38. The zero-order chi connectivity index (χ0) is 10.7. The number of likely N-dealkylation sites (N-methyl/N-ethyl adjacent to an activating group) is 1. The molecule has 0 radical (unpaired) electrons. The van der Waals surface area contributed by atoms with Crippen molar-refractivity contribution in [1.29, 1.82) is 0 Å². The van der Waals surface area contributed by atoms with Crippen LogP contribution < -0.4 is 5.32 Å². The molecule has 2 rings (SSSR count). The molecule has 1 amide bonds. The number of carbonyl (C=O) groups excluding carboxylic acids is 1. The lowest BCUT2D eigenvalue weighted by atomic mass is 10.1. The minimum atomic E-state index is 0.260. The normalized spacial score (nSPS) is 22.7. The zero-order valence-electron chi connectivity index (χ0n) is 9.37. The van der Waals surface area contributed by atoms with Crippen LogP contribution in [0.3, 0.4) is 0 Å². The highest BCUT2D eigenvalue weighted by Crippen LogP contribution is 2.25. The van der Waals surface area contributed by atoms with Crippen molar-refractivity contribution in [2.45, 2.75) is 37.8 Å². The molecule has 1 saturated carbocycles. The number of rotatable bonds is 4. The van der Waals surface area contributed by atoms with E-state index in [9.17, 15) is 4.79 Å². The maximum absolute atomic E-state index is 11.7. The van der Waals surface area contributed by atoms with Gasteiger partial charge in [0.05, 0.1) is 6.54 Å². The van der Waals surface area contributed by atoms with Crippen molar-refractivity contribution in [3.05, 3.63) is 0 Å². The monoisotopic (exact) mass is 228 g/mol. The van der Waals surface area contributed by atoms with E-state index in [-0.39, 0.29) is 5.91 Å². The molecule has 0 bridgehead atoms. The lowest BCUT2D eigenvalue weighted by molar-refractivity contribution is -0.129. The van der Waals surface area contributed by atoms with Gasteiger partial charge in [0.1, 0.15) is 0 Å². The summed E-state index contributed by atoms with van der Waals surface area (Å²) >= 11 is 2.02. The largest absolute Gasteiger partial charge is 0.342 e. The van der Waals surface area contributed by atoms with E-state index >= 15 is 0 Å². The number of nitrogens with one attached hydrogen (secondary N) is 1. The first-order valence-electron chi connectivity index (χ1n) is 5.84. The molecule has 3 nitrogen and oxygen atoms in total. The van der Waals surface area contributed by atoms with Crippen LogP contribution in [0, 0.1) is 0 Å². The SMILES string of the molecule is CN(C(=O)CNC1CCSCC1)C1CC1. The molecule has 2 aliphatic rings. The molecule has 0 spiro atoms. The van der Waals surface area contributed by atoms with E-state index in [1.54, 1.807) is 0 Å². The molecule has 1 N–H and O–H groups in total. The average Bonchev–Trinajstić information content (AvgIpc) is 3.10. The van der Waals surface area contributed by atoms with E-state index in [1.807, 2.05) is 23.7 Å². The van der Waals surface area contributed by atoms with E-state index in [2.05, 4.69) is 5.32 Å². The van der Waals surface area contributed by atoms with Crippen molar-refractivity contribution in [3.63, 3.8) is 0 Å². The fourth-order valence-electron chi connectivity index (χ4n) is 1.92. The topological polar surface area (TPSA) is 32.3 Å². The molecule has 0 aromatic carbocycles. The Morgan fingerprint density at radius 2 is 2.00 bits per heavy atom. The lowest BCUT2D eigenvalue weighted by Crippen LogP contribution is -2.42. The smallest absolute Gasteiger partial charge is 0.236 e. The number of hydrogen-bond acceptors (Lipinski definition) is 3. The molecular formula is C11H20N2OS. The second kappa shape index (κ2) is 5.21. The van der Waals surface area contributed by atoms with Gasteiger partial charge in [-0.25, -0.2) is 0 Å². The second-order valence-electron chi connectivity index (χ2n) is 4.50. The molecule has 0 aromatic heterocycles. The van der Waals surface area contributed by atoms with Gasteiger partial charge in [-0.1, -0.05) is 0 Å². The number of amides is 1. The van der Waals surface area contributed by atoms with Crippen LogP contribution in [0.5, 0.6) is 0 Å². The standard InChI is InChI=1S/C11H20N2OS/c1-13(10-2-3-10)11(14)8-12-9-4-6-15-7-5-9/h9-10,12H,2-8H2,1H3. The number of hydrogen-bond donors (Lipinski definition) is 1. The fraction of sp³-hybridized carbons (Fsp3) is 0.909. The summed E-state index contributed by atoms with van der Waals surface area (Å²) in [6, 6.07) is 1.11. The van der Waals surface area contributed by atoms with Gasteiger partial charge >= 0.3 is 0 Å². The maximum Gasteiger partial charge on any atom is 0.236 e. The van der Waals surface area contributed by atoms with E-state index in [4.69, 9.17) is 0 Å². The third-order valence-electron chi connectivity index (χ3n) is 3.25. The Bertz CT molecular complexity index is 225. The third-order valence-corrected chi connectivity index (χ3v) is 4.30. The van der Waals surface area contributed by atoms with Crippen LogP contribution in [-0.2, 0) is 4.79 Å². The number of thioether (sulfide) groups is 1. The van der Waals surface area contributed by atoms with E-state index in [0.717, 1.165) is 0 Å². The van der Waals surface area contributed by atoms with Gasteiger partial charge in [0.15, 0.2) is 0 Å². The van der Waals surface area contributed by atoms with Crippen LogP contribution in [0.2, 0.25) is 0 Å². The van der Waals surface area contributed by atoms with E-state index in [0.29, 0.717) is 18.6 Å². The Balaban J connectivity index is 1.65. The summed E-state index contributed by atoms with van der Waals surface area (Å²) in [5.74, 6) is 2.74. The summed E-state index contributed by atoms with van der Waals surface area (Å²) in [4.78, 5) is 13.6. The quantitative estimate of drug-likeness (QED) is 0.782. The van der Waals surface area contributed by atoms with Crippen LogP contribution in [0.4, 0.5) is 0 Å². The average molecular weight is 228 g/mol. The predicted octanol–water partition coefficient (Wildman–Crippen LogP) is 1.09. The van der Waals surface area contributed by atoms with Gasteiger partial charge in [-0.2, -0.15) is 11.8 Å². The molecule has 86 valence electrons. The highest BCUT2D eigenvalue weighted by atomic mass is 32.2. The maximum atomic E-state index is 11.7. The highest BCUT2D eigenvalue weighted by molar-refractivity contribution is 7.99. The van der Waals surface area contributed by atoms with Crippen LogP contribution in [0.25, 0.3) is 0 Å². The second-order valence-corrected chi connectivity index (χ2v) is 5.73. The molecule has 0 aromatic rings. The zero-order valence-corrected chi connectivity index (χ0v) is 10.2. The lowest BCUT2D eigenvalue weighted by Gasteiger charge is -2.24. The Morgan fingerprint density at radius 3 is 2.60 bits per heavy atom. The first kappa shape index (κ1) is 11.3. The molecule has 15 heavy (non-hydrogen) atoms. The first-order chi connectivity index (χ1) is 7.27. The summed E-state index contributed by atoms with van der Waals surface area (Å²) < 4.78 is 0. The van der Waals surface area contributed by atoms with E-state index in [1.165, 1.54) is 37.2 Å². The number of carbonyl (C=O) groups is 1. The van der Waals surface area contributed by atoms with Gasteiger partial charge < -0.3 is 10.2 Å². The molecule has 0 unspecified atom stereocenters. The molecule has 1 aliphatic carbocycles. The van der Waals surface area contributed by atoms with Crippen LogP contribution in [0.15, 0.2) is 0 Å². The molecule has 1 aliphatic heterocycles. The van der Waals surface area contributed by atoms with Crippen molar-refractivity contribution in [2.75, 3.05) is 25.1 Å². The summed E-state index contributed by atoms with van der Waals surface area (Å²) in [5, 5.41) is 3.38. The molecule has 0 atom stereocenters. The van der Waals surface area contributed by atoms with Crippen molar-refractivity contribution in [2.24, 2.45) is 0 Å². The van der Waals surface area contributed by atoms with Gasteiger partial charge in [-0.3, -0.25) is 4.79 Å². The first-order valence-corrected chi connectivity index (χ1v) is 6.99. The summed E-state index contributed by atoms with van der Waals surface area (Å²) in [6.45, 7) is 0.530. The molecule has 1 saturated heterocycles.